The first-order chi connectivity index (χ1) is 12.1. The quantitative estimate of drug-likeness (QED) is 0.519. The molecule has 0 radical (unpaired) electrons. The van der Waals surface area contributed by atoms with Crippen LogP contribution in [0.25, 0.3) is 21.5 Å². The largest absolute Gasteiger partial charge is 0.481 e. The summed E-state index contributed by atoms with van der Waals surface area (Å²) in [5.41, 5.74) is 2.17. The van der Waals surface area contributed by atoms with E-state index in [1.165, 1.54) is 16.3 Å². The van der Waals surface area contributed by atoms with E-state index in [2.05, 4.69) is 49.4 Å². The first-order valence-electron chi connectivity index (χ1n) is 8.27. The van der Waals surface area contributed by atoms with Gasteiger partial charge in [-0.15, -0.1) is 0 Å². The number of hydrogen-bond donors (Lipinski definition) is 1. The van der Waals surface area contributed by atoms with Gasteiger partial charge in [0.15, 0.2) is 0 Å². The van der Waals surface area contributed by atoms with Gasteiger partial charge in [0.25, 0.3) is 0 Å². The van der Waals surface area contributed by atoms with Gasteiger partial charge in [-0.3, -0.25) is 4.79 Å². The van der Waals surface area contributed by atoms with Crippen LogP contribution in [0.2, 0.25) is 0 Å². The number of carboxylic acid groups (broad SMARTS) is 1. The number of aliphatic carboxylic acids is 1. The summed E-state index contributed by atoms with van der Waals surface area (Å²) >= 11 is 0. The van der Waals surface area contributed by atoms with E-state index in [-0.39, 0.29) is 6.42 Å². The molecule has 0 aromatic heterocycles. The lowest BCUT2D eigenvalue weighted by molar-refractivity contribution is -0.136. The molecule has 2 heteroatoms. The Bertz CT molecular complexity index is 1020. The standard InChI is InChI=1S/C12H10O2.C11H10/c13-12(14)8-9-5-6-10-3-1-2-4-11(10)7-9;1-9-6-7-10-4-2-3-5-11(10)8-9/h1-7H,8H2,(H,13,14);2-8H,1H3. The number of benzene rings is 4. The van der Waals surface area contributed by atoms with Gasteiger partial charge < -0.3 is 5.11 Å². The number of hydrogen-bond acceptors (Lipinski definition) is 1. The second kappa shape index (κ2) is 7.63. The molecule has 0 bridgehead atoms. The van der Waals surface area contributed by atoms with Crippen LogP contribution in [0.3, 0.4) is 0 Å². The number of rotatable bonds is 2. The van der Waals surface area contributed by atoms with Crippen molar-refractivity contribution in [1.29, 1.82) is 0 Å². The number of aryl methyl sites for hydroxylation is 1. The molecule has 0 heterocycles. The van der Waals surface area contributed by atoms with Crippen molar-refractivity contribution < 1.29 is 9.90 Å². The highest BCUT2D eigenvalue weighted by molar-refractivity contribution is 5.84. The van der Waals surface area contributed by atoms with Crippen LogP contribution in [0, 0.1) is 6.92 Å². The van der Waals surface area contributed by atoms with E-state index in [4.69, 9.17) is 5.11 Å². The summed E-state index contributed by atoms with van der Waals surface area (Å²) in [4.78, 5) is 10.5. The highest BCUT2D eigenvalue weighted by atomic mass is 16.4. The van der Waals surface area contributed by atoms with Crippen LogP contribution in [0.1, 0.15) is 11.1 Å². The average molecular weight is 328 g/mol. The lowest BCUT2D eigenvalue weighted by atomic mass is 10.1. The maximum Gasteiger partial charge on any atom is 0.307 e. The van der Waals surface area contributed by atoms with Crippen molar-refractivity contribution >= 4 is 27.5 Å². The molecule has 0 atom stereocenters. The SMILES string of the molecule is Cc1ccc2ccccc2c1.O=C(O)Cc1ccc2ccccc2c1. The van der Waals surface area contributed by atoms with Crippen molar-refractivity contribution in [3.8, 4) is 0 Å². The Balaban J connectivity index is 0.000000150. The van der Waals surface area contributed by atoms with Crippen molar-refractivity contribution in [2.45, 2.75) is 13.3 Å². The van der Waals surface area contributed by atoms with E-state index in [0.29, 0.717) is 0 Å². The predicted molar refractivity (Wildman–Crippen MR) is 104 cm³/mol. The molecule has 0 saturated heterocycles. The van der Waals surface area contributed by atoms with Crippen molar-refractivity contribution in [2.75, 3.05) is 0 Å². The third-order valence-electron chi connectivity index (χ3n) is 4.07. The molecule has 25 heavy (non-hydrogen) atoms. The zero-order chi connectivity index (χ0) is 17.6. The number of fused-ring (bicyclic) bond motifs is 2. The highest BCUT2D eigenvalue weighted by Crippen LogP contribution is 2.16. The van der Waals surface area contributed by atoms with Gasteiger partial charge in [0, 0.05) is 0 Å². The van der Waals surface area contributed by atoms with Gasteiger partial charge in [0.2, 0.25) is 0 Å². The number of carbonyl (C=O) groups is 1. The maximum atomic E-state index is 10.5. The van der Waals surface area contributed by atoms with E-state index in [9.17, 15) is 4.79 Å². The van der Waals surface area contributed by atoms with Gasteiger partial charge in [-0.05, 0) is 34.0 Å². The maximum absolute atomic E-state index is 10.5. The Morgan fingerprint density at radius 3 is 1.84 bits per heavy atom. The minimum atomic E-state index is -0.791. The Kier molecular flexibility index (Phi) is 5.10. The lowest BCUT2D eigenvalue weighted by Gasteiger charge is -2.00. The lowest BCUT2D eigenvalue weighted by Crippen LogP contribution is -1.99. The van der Waals surface area contributed by atoms with Crippen molar-refractivity contribution in [3.63, 3.8) is 0 Å². The van der Waals surface area contributed by atoms with Gasteiger partial charge in [0.05, 0.1) is 6.42 Å². The van der Waals surface area contributed by atoms with Gasteiger partial charge in [0.1, 0.15) is 0 Å². The molecular weight excluding hydrogens is 308 g/mol. The summed E-state index contributed by atoms with van der Waals surface area (Å²) < 4.78 is 0. The van der Waals surface area contributed by atoms with Gasteiger partial charge in [-0.2, -0.15) is 0 Å². The summed E-state index contributed by atoms with van der Waals surface area (Å²) in [5, 5.41) is 13.5. The molecule has 0 saturated carbocycles. The molecule has 124 valence electrons. The Morgan fingerprint density at radius 1 is 0.720 bits per heavy atom. The third-order valence-corrected chi connectivity index (χ3v) is 4.07. The summed E-state index contributed by atoms with van der Waals surface area (Å²) in [5.74, 6) is -0.791. The Labute approximate surface area is 147 Å². The molecule has 4 rings (SSSR count). The van der Waals surface area contributed by atoms with Crippen LogP contribution in [0.5, 0.6) is 0 Å². The van der Waals surface area contributed by atoms with Crippen LogP contribution in [-0.2, 0) is 11.2 Å². The molecule has 1 N–H and O–H groups in total. The molecule has 0 aliphatic heterocycles. The smallest absolute Gasteiger partial charge is 0.307 e. The normalized spacial score (nSPS) is 10.3. The molecule has 4 aromatic rings. The molecule has 0 fully saturated rings. The molecule has 0 unspecified atom stereocenters. The fourth-order valence-electron chi connectivity index (χ4n) is 2.83. The van der Waals surface area contributed by atoms with Crippen LogP contribution in [0.15, 0.2) is 84.9 Å². The first-order valence-corrected chi connectivity index (χ1v) is 8.27. The second-order valence-electron chi connectivity index (χ2n) is 6.10. The van der Waals surface area contributed by atoms with E-state index < -0.39 is 5.97 Å². The van der Waals surface area contributed by atoms with Crippen molar-refractivity contribution in [3.05, 3.63) is 96.1 Å². The summed E-state index contributed by atoms with van der Waals surface area (Å²) in [6.07, 6.45) is 0.0881. The molecule has 4 aromatic carbocycles. The second-order valence-corrected chi connectivity index (χ2v) is 6.10. The van der Waals surface area contributed by atoms with E-state index in [1.807, 2.05) is 42.5 Å². The summed E-state index contributed by atoms with van der Waals surface area (Å²) in [6.45, 7) is 2.12. The average Bonchev–Trinajstić information content (AvgIpc) is 2.61. The Hall–Kier alpha value is -3.13. The van der Waals surface area contributed by atoms with E-state index in [0.717, 1.165) is 16.3 Å². The van der Waals surface area contributed by atoms with Crippen LogP contribution in [-0.4, -0.2) is 11.1 Å². The van der Waals surface area contributed by atoms with Crippen molar-refractivity contribution in [1.82, 2.24) is 0 Å². The van der Waals surface area contributed by atoms with Gasteiger partial charge in [-0.25, -0.2) is 0 Å². The fourth-order valence-corrected chi connectivity index (χ4v) is 2.83. The molecule has 2 nitrogen and oxygen atoms in total. The van der Waals surface area contributed by atoms with E-state index in [1.54, 1.807) is 0 Å². The number of carboxylic acids is 1. The zero-order valence-electron chi connectivity index (χ0n) is 14.1. The fraction of sp³-hybridized carbons (Fsp3) is 0.0870. The summed E-state index contributed by atoms with van der Waals surface area (Å²) in [6, 6.07) is 28.6. The van der Waals surface area contributed by atoms with Crippen LogP contribution in [0.4, 0.5) is 0 Å². The monoisotopic (exact) mass is 328 g/mol. The molecule has 0 spiro atoms. The molecule has 0 amide bonds. The van der Waals surface area contributed by atoms with Gasteiger partial charge >= 0.3 is 5.97 Å². The molecular formula is C23H20O2. The van der Waals surface area contributed by atoms with Crippen molar-refractivity contribution in [2.24, 2.45) is 0 Å². The van der Waals surface area contributed by atoms with Gasteiger partial charge in [-0.1, -0.05) is 90.5 Å². The van der Waals surface area contributed by atoms with Crippen LogP contribution >= 0.6 is 0 Å². The highest BCUT2D eigenvalue weighted by Gasteiger charge is 2.00. The predicted octanol–water partition coefficient (Wildman–Crippen LogP) is 5.62. The van der Waals surface area contributed by atoms with Crippen LogP contribution < -0.4 is 0 Å². The first kappa shape index (κ1) is 16.7. The minimum absolute atomic E-state index is 0.0881. The Morgan fingerprint density at radius 2 is 1.24 bits per heavy atom. The molecule has 0 aliphatic rings. The third kappa shape index (κ3) is 4.45. The van der Waals surface area contributed by atoms with E-state index >= 15 is 0 Å². The summed E-state index contributed by atoms with van der Waals surface area (Å²) in [7, 11) is 0. The topological polar surface area (TPSA) is 37.3 Å². The zero-order valence-corrected chi connectivity index (χ0v) is 14.1. The molecule has 0 aliphatic carbocycles. The minimum Gasteiger partial charge on any atom is -0.481 e.